The van der Waals surface area contributed by atoms with Gasteiger partial charge in [0.2, 0.25) is 5.76 Å². The second kappa shape index (κ2) is 6.02. The lowest BCUT2D eigenvalue weighted by Crippen LogP contribution is -2.17. The first-order valence-electron chi connectivity index (χ1n) is 5.75. The van der Waals surface area contributed by atoms with Crippen LogP contribution in [0.2, 0.25) is 0 Å². The van der Waals surface area contributed by atoms with Crippen molar-refractivity contribution in [2.75, 3.05) is 6.54 Å². The first kappa shape index (κ1) is 12.4. The van der Waals surface area contributed by atoms with Crippen molar-refractivity contribution in [3.05, 3.63) is 42.1 Å². The van der Waals surface area contributed by atoms with Crippen LogP contribution in [0.1, 0.15) is 22.5 Å². The first-order chi connectivity index (χ1) is 8.77. The Kier molecular flexibility index (Phi) is 4.14. The maximum atomic E-state index is 10.8. The number of carbonyl (C=O) groups is 1. The van der Waals surface area contributed by atoms with Gasteiger partial charge in [0.05, 0.1) is 6.26 Å². The summed E-state index contributed by atoms with van der Waals surface area (Å²) < 4.78 is 6.75. The second-order valence-electron chi connectivity index (χ2n) is 3.88. The van der Waals surface area contributed by atoms with E-state index in [0.29, 0.717) is 12.1 Å². The molecule has 0 saturated heterocycles. The van der Waals surface area contributed by atoms with Gasteiger partial charge in [0, 0.05) is 31.0 Å². The van der Waals surface area contributed by atoms with Crippen molar-refractivity contribution >= 4 is 5.97 Å². The van der Waals surface area contributed by atoms with Crippen LogP contribution in [0, 0.1) is 0 Å². The molecule has 6 nitrogen and oxygen atoms in total. The van der Waals surface area contributed by atoms with Crippen molar-refractivity contribution in [2.45, 2.75) is 19.5 Å². The van der Waals surface area contributed by atoms with E-state index in [1.807, 2.05) is 16.9 Å². The van der Waals surface area contributed by atoms with Gasteiger partial charge in [-0.1, -0.05) is 0 Å². The first-order valence-corrected chi connectivity index (χ1v) is 5.75. The number of carboxylic acid groups (broad SMARTS) is 1. The quantitative estimate of drug-likeness (QED) is 0.724. The molecule has 0 aliphatic carbocycles. The van der Waals surface area contributed by atoms with Crippen molar-refractivity contribution in [2.24, 2.45) is 0 Å². The third-order valence-corrected chi connectivity index (χ3v) is 2.56. The molecule has 2 rings (SSSR count). The van der Waals surface area contributed by atoms with Gasteiger partial charge in [-0.25, -0.2) is 4.79 Å². The predicted octanol–water partition coefficient (Wildman–Crippen LogP) is 1.35. The summed E-state index contributed by atoms with van der Waals surface area (Å²) in [5.41, 5.74) is 0.668. The fraction of sp³-hybridized carbons (Fsp3) is 0.333. The SMILES string of the molecule is O=C(O)c1occc1CNCCCn1cccn1. The van der Waals surface area contributed by atoms with Gasteiger partial charge in [0.25, 0.3) is 0 Å². The summed E-state index contributed by atoms with van der Waals surface area (Å²) in [6.07, 6.45) is 5.99. The maximum Gasteiger partial charge on any atom is 0.372 e. The Bertz CT molecular complexity index is 490. The highest BCUT2D eigenvalue weighted by Gasteiger charge is 2.12. The van der Waals surface area contributed by atoms with Crippen LogP contribution in [-0.2, 0) is 13.1 Å². The van der Waals surface area contributed by atoms with Crippen LogP contribution >= 0.6 is 0 Å². The minimum absolute atomic E-state index is 0.00887. The van der Waals surface area contributed by atoms with Crippen LogP contribution in [0.3, 0.4) is 0 Å². The fourth-order valence-electron chi connectivity index (χ4n) is 1.68. The molecule has 2 N–H and O–H groups in total. The number of rotatable bonds is 7. The molecule has 0 unspecified atom stereocenters. The minimum atomic E-state index is -1.03. The van der Waals surface area contributed by atoms with Gasteiger partial charge in [-0.2, -0.15) is 5.10 Å². The Morgan fingerprint density at radius 3 is 3.17 bits per heavy atom. The molecule has 0 amide bonds. The Morgan fingerprint density at radius 1 is 1.56 bits per heavy atom. The number of hydrogen-bond donors (Lipinski definition) is 2. The zero-order valence-electron chi connectivity index (χ0n) is 9.87. The van der Waals surface area contributed by atoms with Crippen LogP contribution in [-0.4, -0.2) is 27.4 Å². The van der Waals surface area contributed by atoms with Gasteiger partial charge in [-0.3, -0.25) is 4.68 Å². The lowest BCUT2D eigenvalue weighted by Gasteiger charge is -2.04. The Morgan fingerprint density at radius 2 is 2.44 bits per heavy atom. The lowest BCUT2D eigenvalue weighted by atomic mass is 10.2. The lowest BCUT2D eigenvalue weighted by molar-refractivity contribution is 0.0660. The van der Waals surface area contributed by atoms with Crippen molar-refractivity contribution in [3.63, 3.8) is 0 Å². The zero-order valence-corrected chi connectivity index (χ0v) is 9.87. The van der Waals surface area contributed by atoms with Crippen molar-refractivity contribution in [1.29, 1.82) is 0 Å². The van der Waals surface area contributed by atoms with E-state index < -0.39 is 5.97 Å². The van der Waals surface area contributed by atoms with E-state index in [0.717, 1.165) is 19.5 Å². The molecule has 96 valence electrons. The van der Waals surface area contributed by atoms with E-state index in [1.165, 1.54) is 6.26 Å². The summed E-state index contributed by atoms with van der Waals surface area (Å²) in [6, 6.07) is 3.56. The van der Waals surface area contributed by atoms with Crippen LogP contribution in [0.15, 0.2) is 35.2 Å². The Hall–Kier alpha value is -2.08. The molecule has 0 radical (unpaired) electrons. The third kappa shape index (κ3) is 3.21. The number of aryl methyl sites for hydroxylation is 1. The molecule has 18 heavy (non-hydrogen) atoms. The number of hydrogen-bond acceptors (Lipinski definition) is 4. The summed E-state index contributed by atoms with van der Waals surface area (Å²) in [5.74, 6) is -1.03. The number of nitrogens with one attached hydrogen (secondary N) is 1. The molecule has 0 spiro atoms. The molecule has 2 aromatic heterocycles. The molecule has 6 heteroatoms. The number of carboxylic acids is 1. The van der Waals surface area contributed by atoms with Gasteiger partial charge >= 0.3 is 5.97 Å². The monoisotopic (exact) mass is 249 g/mol. The molecule has 2 aromatic rings. The maximum absolute atomic E-state index is 10.8. The highest BCUT2D eigenvalue weighted by Crippen LogP contribution is 2.09. The molecule has 0 aliphatic rings. The number of aromatic carboxylic acids is 1. The summed E-state index contributed by atoms with van der Waals surface area (Å²) >= 11 is 0. The van der Waals surface area contributed by atoms with Gasteiger partial charge in [-0.15, -0.1) is 0 Å². The van der Waals surface area contributed by atoms with Crippen molar-refractivity contribution in [3.8, 4) is 0 Å². The molecule has 0 fully saturated rings. The molecular weight excluding hydrogens is 234 g/mol. The predicted molar refractivity (Wildman–Crippen MR) is 64.2 cm³/mol. The zero-order chi connectivity index (χ0) is 12.8. The average molecular weight is 249 g/mol. The van der Waals surface area contributed by atoms with E-state index in [1.54, 1.807) is 12.3 Å². The number of furan rings is 1. The van der Waals surface area contributed by atoms with Gasteiger partial charge in [0.15, 0.2) is 0 Å². The number of nitrogens with zero attached hydrogens (tertiary/aromatic N) is 2. The van der Waals surface area contributed by atoms with Gasteiger partial charge in [-0.05, 0) is 25.1 Å². The molecule has 0 bridgehead atoms. The molecule has 0 aliphatic heterocycles. The fourth-order valence-corrected chi connectivity index (χ4v) is 1.68. The molecule has 0 aromatic carbocycles. The molecule has 0 saturated carbocycles. The van der Waals surface area contributed by atoms with Crippen LogP contribution in [0.25, 0.3) is 0 Å². The van der Waals surface area contributed by atoms with Crippen molar-refractivity contribution < 1.29 is 14.3 Å². The summed E-state index contributed by atoms with van der Waals surface area (Å²) in [6.45, 7) is 2.14. The third-order valence-electron chi connectivity index (χ3n) is 2.56. The summed E-state index contributed by atoms with van der Waals surface area (Å²) in [4.78, 5) is 10.8. The van der Waals surface area contributed by atoms with E-state index in [4.69, 9.17) is 9.52 Å². The average Bonchev–Trinajstić information content (AvgIpc) is 2.98. The highest BCUT2D eigenvalue weighted by molar-refractivity contribution is 5.86. The topological polar surface area (TPSA) is 80.3 Å². The van der Waals surface area contributed by atoms with Gasteiger partial charge in [0.1, 0.15) is 0 Å². The van der Waals surface area contributed by atoms with E-state index in [-0.39, 0.29) is 5.76 Å². The summed E-state index contributed by atoms with van der Waals surface area (Å²) in [5, 5.41) is 16.1. The normalized spacial score (nSPS) is 10.7. The highest BCUT2D eigenvalue weighted by atomic mass is 16.4. The van der Waals surface area contributed by atoms with E-state index in [9.17, 15) is 4.79 Å². The molecule has 2 heterocycles. The van der Waals surface area contributed by atoms with Gasteiger partial charge < -0.3 is 14.8 Å². The van der Waals surface area contributed by atoms with Crippen molar-refractivity contribution in [1.82, 2.24) is 15.1 Å². The smallest absolute Gasteiger partial charge is 0.372 e. The van der Waals surface area contributed by atoms with Crippen LogP contribution in [0.4, 0.5) is 0 Å². The van der Waals surface area contributed by atoms with E-state index in [2.05, 4.69) is 10.4 Å². The second-order valence-corrected chi connectivity index (χ2v) is 3.88. The number of aromatic nitrogens is 2. The molecular formula is C12H15N3O3. The molecule has 0 atom stereocenters. The minimum Gasteiger partial charge on any atom is -0.475 e. The standard InChI is InChI=1S/C12H15N3O3/c16-12(17)11-10(3-8-18-11)9-13-4-1-6-15-7-2-5-14-15/h2-3,5,7-8,13H,1,4,6,9H2,(H,16,17). The largest absolute Gasteiger partial charge is 0.475 e. The van der Waals surface area contributed by atoms with Crippen LogP contribution in [0.5, 0.6) is 0 Å². The summed E-state index contributed by atoms with van der Waals surface area (Å²) in [7, 11) is 0. The van der Waals surface area contributed by atoms with Crippen LogP contribution < -0.4 is 5.32 Å². The van der Waals surface area contributed by atoms with E-state index >= 15 is 0 Å². The Labute approximate surface area is 104 Å². The Balaban J connectivity index is 1.69.